The van der Waals surface area contributed by atoms with Crippen LogP contribution >= 0.6 is 23.2 Å². The molecule has 6 nitrogen and oxygen atoms in total. The molecule has 31 heavy (non-hydrogen) atoms. The normalized spacial score (nSPS) is 13.4. The molecule has 0 saturated heterocycles. The van der Waals surface area contributed by atoms with E-state index in [2.05, 4.69) is 4.72 Å². The highest BCUT2D eigenvalue weighted by atomic mass is 35.5. The van der Waals surface area contributed by atoms with Gasteiger partial charge >= 0.3 is 0 Å². The number of ether oxygens (including phenoxy) is 2. The van der Waals surface area contributed by atoms with Gasteiger partial charge in [0.2, 0.25) is 0 Å². The van der Waals surface area contributed by atoms with Gasteiger partial charge in [0, 0.05) is 27.2 Å². The highest BCUT2D eigenvalue weighted by Crippen LogP contribution is 2.39. The van der Waals surface area contributed by atoms with E-state index in [0.29, 0.717) is 21.4 Å². The van der Waals surface area contributed by atoms with E-state index >= 15 is 0 Å². The number of sulfonamides is 1. The van der Waals surface area contributed by atoms with Gasteiger partial charge in [-0.1, -0.05) is 41.4 Å². The van der Waals surface area contributed by atoms with Crippen LogP contribution < -0.4 is 14.2 Å². The van der Waals surface area contributed by atoms with Gasteiger partial charge in [-0.2, -0.15) is 0 Å². The zero-order valence-corrected chi connectivity index (χ0v) is 19.3. The number of hydrogen-bond acceptors (Lipinski definition) is 5. The summed E-state index contributed by atoms with van der Waals surface area (Å²) in [5.41, 5.74) is -0.814. The molecule has 2 N–H and O–H groups in total. The van der Waals surface area contributed by atoms with Crippen LogP contribution in [0, 0.1) is 0 Å². The van der Waals surface area contributed by atoms with E-state index in [4.69, 9.17) is 32.7 Å². The Kier molecular flexibility index (Phi) is 6.71. The van der Waals surface area contributed by atoms with Crippen molar-refractivity contribution in [1.82, 2.24) is 0 Å². The van der Waals surface area contributed by atoms with Crippen molar-refractivity contribution in [3.8, 4) is 11.5 Å². The van der Waals surface area contributed by atoms with Gasteiger partial charge in [-0.25, -0.2) is 8.42 Å². The van der Waals surface area contributed by atoms with Crippen LogP contribution in [0.2, 0.25) is 10.0 Å². The first-order valence-electron chi connectivity index (χ1n) is 9.12. The van der Waals surface area contributed by atoms with Gasteiger partial charge in [-0.15, -0.1) is 0 Å². The molecule has 1 atom stereocenters. The third-order valence-corrected chi connectivity index (χ3v) is 6.74. The lowest BCUT2D eigenvalue weighted by Gasteiger charge is -2.28. The lowest BCUT2D eigenvalue weighted by Crippen LogP contribution is -2.26. The van der Waals surface area contributed by atoms with Crippen LogP contribution in [0.4, 0.5) is 5.69 Å². The van der Waals surface area contributed by atoms with Gasteiger partial charge in [-0.05, 0) is 43.3 Å². The standard InChI is InChI=1S/C22H21Cl2NO5S/c1-22(26,16-6-4-5-7-18(16)24)17-12-14(23)8-10-19(17)25-31(27,28)15-9-11-20(29-2)21(13-15)30-3/h4-13,25-26H,1-3H3. The van der Waals surface area contributed by atoms with Gasteiger partial charge in [0.1, 0.15) is 5.60 Å². The monoisotopic (exact) mass is 481 g/mol. The molecule has 0 aliphatic carbocycles. The fourth-order valence-corrected chi connectivity index (χ4v) is 4.78. The fourth-order valence-electron chi connectivity index (χ4n) is 3.20. The average molecular weight is 482 g/mol. The topological polar surface area (TPSA) is 84.9 Å². The summed E-state index contributed by atoms with van der Waals surface area (Å²) in [4.78, 5) is -0.0385. The molecule has 0 aromatic heterocycles. The molecule has 0 radical (unpaired) electrons. The smallest absolute Gasteiger partial charge is 0.262 e. The van der Waals surface area contributed by atoms with Crippen molar-refractivity contribution in [2.24, 2.45) is 0 Å². The van der Waals surface area contributed by atoms with Gasteiger partial charge < -0.3 is 14.6 Å². The number of halogens is 2. The van der Waals surface area contributed by atoms with E-state index in [1.54, 1.807) is 24.3 Å². The van der Waals surface area contributed by atoms with Crippen LogP contribution in [0.15, 0.2) is 65.6 Å². The number of anilines is 1. The van der Waals surface area contributed by atoms with E-state index < -0.39 is 15.6 Å². The zero-order valence-electron chi connectivity index (χ0n) is 17.0. The molecule has 0 amide bonds. The van der Waals surface area contributed by atoms with Gasteiger partial charge in [0.25, 0.3) is 10.0 Å². The average Bonchev–Trinajstić information content (AvgIpc) is 2.74. The molecule has 0 fully saturated rings. The molecule has 0 aliphatic heterocycles. The van der Waals surface area contributed by atoms with Crippen LogP contribution in [0.5, 0.6) is 11.5 Å². The Morgan fingerprint density at radius 1 is 0.903 bits per heavy atom. The van der Waals surface area contributed by atoms with Crippen molar-refractivity contribution in [3.05, 3.63) is 81.8 Å². The summed E-state index contributed by atoms with van der Waals surface area (Å²) in [6, 6.07) is 15.5. The molecule has 3 rings (SSSR count). The molecular weight excluding hydrogens is 461 g/mol. The predicted molar refractivity (Wildman–Crippen MR) is 122 cm³/mol. The summed E-state index contributed by atoms with van der Waals surface area (Å²) in [5.74, 6) is 0.667. The van der Waals surface area contributed by atoms with E-state index in [-0.39, 0.29) is 21.9 Å². The first-order chi connectivity index (χ1) is 14.6. The van der Waals surface area contributed by atoms with Crippen molar-refractivity contribution in [3.63, 3.8) is 0 Å². The van der Waals surface area contributed by atoms with E-state index in [1.165, 1.54) is 57.5 Å². The Bertz CT molecular complexity index is 1210. The van der Waals surface area contributed by atoms with Crippen LogP contribution in [0.1, 0.15) is 18.1 Å². The molecule has 1 unspecified atom stereocenters. The molecule has 0 saturated carbocycles. The predicted octanol–water partition coefficient (Wildman–Crippen LogP) is 5.07. The number of hydrogen-bond donors (Lipinski definition) is 2. The number of rotatable bonds is 7. The second-order valence-corrected chi connectivity index (χ2v) is 9.39. The molecular formula is C22H21Cl2NO5S. The molecule has 3 aromatic carbocycles. The lowest BCUT2D eigenvalue weighted by atomic mass is 9.87. The first kappa shape index (κ1) is 23.2. The maximum absolute atomic E-state index is 13.1. The maximum atomic E-state index is 13.1. The number of benzene rings is 3. The summed E-state index contributed by atoms with van der Waals surface area (Å²) in [5, 5.41) is 12.0. The summed E-state index contributed by atoms with van der Waals surface area (Å²) in [6.07, 6.45) is 0. The molecule has 0 aliphatic rings. The molecule has 3 aromatic rings. The third-order valence-electron chi connectivity index (χ3n) is 4.81. The SMILES string of the molecule is COc1ccc(S(=O)(=O)Nc2ccc(Cl)cc2C(C)(O)c2ccccc2Cl)cc1OC. The van der Waals surface area contributed by atoms with Gasteiger partial charge in [0.05, 0.1) is 24.8 Å². The molecule has 9 heteroatoms. The van der Waals surface area contributed by atoms with E-state index in [0.717, 1.165) is 0 Å². The van der Waals surface area contributed by atoms with Gasteiger partial charge in [0.15, 0.2) is 11.5 Å². The van der Waals surface area contributed by atoms with Crippen LogP contribution in [-0.4, -0.2) is 27.7 Å². The number of methoxy groups -OCH3 is 2. The number of aliphatic hydroxyl groups is 1. The van der Waals surface area contributed by atoms with E-state index in [9.17, 15) is 13.5 Å². The Morgan fingerprint density at radius 2 is 1.58 bits per heavy atom. The number of nitrogens with one attached hydrogen (secondary N) is 1. The van der Waals surface area contributed by atoms with Gasteiger partial charge in [-0.3, -0.25) is 4.72 Å². The van der Waals surface area contributed by atoms with Crippen LogP contribution in [0.25, 0.3) is 0 Å². The minimum absolute atomic E-state index is 0.0385. The quantitative estimate of drug-likeness (QED) is 0.492. The zero-order chi connectivity index (χ0) is 22.8. The molecule has 0 spiro atoms. The van der Waals surface area contributed by atoms with Crippen molar-refractivity contribution < 1.29 is 23.0 Å². The van der Waals surface area contributed by atoms with Crippen LogP contribution in [-0.2, 0) is 15.6 Å². The minimum atomic E-state index is -4.03. The Morgan fingerprint density at radius 3 is 2.23 bits per heavy atom. The molecule has 0 bridgehead atoms. The van der Waals surface area contributed by atoms with Crippen LogP contribution in [0.3, 0.4) is 0 Å². The first-order valence-corrected chi connectivity index (χ1v) is 11.4. The lowest BCUT2D eigenvalue weighted by molar-refractivity contribution is 0.103. The van der Waals surface area contributed by atoms with Crippen molar-refractivity contribution in [2.45, 2.75) is 17.4 Å². The summed E-state index contributed by atoms with van der Waals surface area (Å²) >= 11 is 12.4. The maximum Gasteiger partial charge on any atom is 0.262 e. The van der Waals surface area contributed by atoms with E-state index in [1.807, 2.05) is 0 Å². The third kappa shape index (κ3) is 4.75. The highest BCUT2D eigenvalue weighted by Gasteiger charge is 2.32. The summed E-state index contributed by atoms with van der Waals surface area (Å²) in [7, 11) is -1.16. The summed E-state index contributed by atoms with van der Waals surface area (Å²) in [6.45, 7) is 1.52. The Labute approximate surface area is 191 Å². The Hall–Kier alpha value is -2.45. The Balaban J connectivity index is 2.08. The summed E-state index contributed by atoms with van der Waals surface area (Å²) < 4.78 is 39.1. The fraction of sp³-hybridized carbons (Fsp3) is 0.182. The van der Waals surface area contributed by atoms with Crippen molar-refractivity contribution >= 4 is 38.9 Å². The molecule has 164 valence electrons. The second-order valence-electron chi connectivity index (χ2n) is 6.86. The largest absolute Gasteiger partial charge is 0.493 e. The molecule has 0 heterocycles. The minimum Gasteiger partial charge on any atom is -0.493 e. The van der Waals surface area contributed by atoms with Crippen molar-refractivity contribution in [1.29, 1.82) is 0 Å². The second kappa shape index (κ2) is 8.96. The van der Waals surface area contributed by atoms with Crippen molar-refractivity contribution in [2.75, 3.05) is 18.9 Å². The highest BCUT2D eigenvalue weighted by molar-refractivity contribution is 7.92.